The second-order valence-electron chi connectivity index (χ2n) is 17.8. The van der Waals surface area contributed by atoms with Gasteiger partial charge in [0.1, 0.15) is 13.2 Å². The van der Waals surface area contributed by atoms with Gasteiger partial charge in [-0.25, -0.2) is 0 Å². The normalized spacial score (nSPS) is 13.1. The molecule has 0 fully saturated rings. The van der Waals surface area contributed by atoms with E-state index in [9.17, 15) is 14.4 Å². The van der Waals surface area contributed by atoms with Gasteiger partial charge in [0.05, 0.1) is 0 Å². The Kier molecular flexibility index (Phi) is 52.5. The van der Waals surface area contributed by atoms with Crippen molar-refractivity contribution in [2.75, 3.05) is 13.2 Å². The topological polar surface area (TPSA) is 78.9 Å². The van der Waals surface area contributed by atoms with Crippen LogP contribution >= 0.6 is 0 Å². The van der Waals surface area contributed by atoms with Crippen molar-refractivity contribution in [3.8, 4) is 0 Å². The number of esters is 3. The Morgan fingerprint density at radius 2 is 0.551 bits per heavy atom. The van der Waals surface area contributed by atoms with Crippen molar-refractivity contribution in [2.24, 2.45) is 0 Å². The Hall–Kier alpha value is -4.45. The quantitative estimate of drug-likeness (QED) is 0.0262. The van der Waals surface area contributed by atoms with Crippen molar-refractivity contribution in [1.29, 1.82) is 0 Å². The van der Waals surface area contributed by atoms with E-state index in [4.69, 9.17) is 14.2 Å². The highest BCUT2D eigenvalue weighted by Gasteiger charge is 2.19. The molecule has 0 aromatic rings. The third-order valence-corrected chi connectivity index (χ3v) is 11.1. The highest BCUT2D eigenvalue weighted by Crippen LogP contribution is 2.11. The molecule has 0 bridgehead atoms. The van der Waals surface area contributed by atoms with Crippen LogP contribution in [-0.4, -0.2) is 37.2 Å². The zero-order valence-electron chi connectivity index (χ0n) is 44.3. The lowest BCUT2D eigenvalue weighted by Gasteiger charge is -2.18. The van der Waals surface area contributed by atoms with E-state index < -0.39 is 12.1 Å². The van der Waals surface area contributed by atoms with E-state index in [1.54, 1.807) is 0 Å². The Morgan fingerprint density at radius 1 is 0.290 bits per heavy atom. The number of carbonyl (C=O) groups is 3. The van der Waals surface area contributed by atoms with Gasteiger partial charge in [0.25, 0.3) is 0 Å². The second kappa shape index (κ2) is 56.1. The summed E-state index contributed by atoms with van der Waals surface area (Å²) in [5.74, 6) is -1.12. The van der Waals surface area contributed by atoms with Gasteiger partial charge in [0, 0.05) is 19.3 Å². The van der Waals surface area contributed by atoms with Crippen LogP contribution in [-0.2, 0) is 28.6 Å². The van der Waals surface area contributed by atoms with Crippen LogP contribution in [0.15, 0.2) is 134 Å². The summed E-state index contributed by atoms with van der Waals surface area (Å²) < 4.78 is 16.7. The highest BCUT2D eigenvalue weighted by atomic mass is 16.6. The molecule has 0 heterocycles. The first-order chi connectivity index (χ1) is 34.0. The van der Waals surface area contributed by atoms with Crippen LogP contribution in [0.25, 0.3) is 0 Å². The molecule has 0 amide bonds. The molecule has 0 rings (SSSR count). The maximum atomic E-state index is 12.8. The largest absolute Gasteiger partial charge is 0.462 e. The molecule has 0 aliphatic rings. The third kappa shape index (κ3) is 54.4. The van der Waals surface area contributed by atoms with E-state index >= 15 is 0 Å². The zero-order valence-corrected chi connectivity index (χ0v) is 44.3. The van der Waals surface area contributed by atoms with Crippen LogP contribution < -0.4 is 0 Å². The Balaban J connectivity index is 4.64. The Labute approximate surface area is 424 Å². The van der Waals surface area contributed by atoms with Crippen LogP contribution in [0.1, 0.15) is 226 Å². The van der Waals surface area contributed by atoms with E-state index in [0.29, 0.717) is 19.3 Å². The van der Waals surface area contributed by atoms with E-state index in [1.807, 2.05) is 24.3 Å². The minimum Gasteiger partial charge on any atom is -0.462 e. The standard InChI is InChI=1S/C63H100O6/c1-4-7-10-13-16-19-22-25-27-29-31-33-35-38-41-44-47-50-53-56-62(65)68-59-60(58-67-61(64)55-52-49-46-43-40-37-24-21-18-15-12-9-6-3)69-63(66)57-54-51-48-45-42-39-36-34-32-30-28-26-23-20-17-14-11-8-5-2/h16-17,19-21,24-28,31-34,38-39,41-42,47-48,50-51,60H,4-15,18,22-23,29-30,35-37,40,43-46,49,52-59H2,1-3H3/b19-16-,20-17-,24-21-,27-25-,28-26-,33-31-,34-32-,41-38-,42-39-,50-47-,51-48-/t60-/m0/s1. The second-order valence-corrected chi connectivity index (χ2v) is 17.8. The van der Waals surface area contributed by atoms with Crippen LogP contribution in [0.2, 0.25) is 0 Å². The minimum absolute atomic E-state index is 0.139. The summed E-state index contributed by atoms with van der Waals surface area (Å²) in [7, 11) is 0. The van der Waals surface area contributed by atoms with Crippen molar-refractivity contribution in [3.63, 3.8) is 0 Å². The predicted molar refractivity (Wildman–Crippen MR) is 297 cm³/mol. The molecule has 0 aromatic carbocycles. The van der Waals surface area contributed by atoms with E-state index in [1.165, 1.54) is 89.9 Å². The summed E-state index contributed by atoms with van der Waals surface area (Å²) in [4.78, 5) is 38.0. The Morgan fingerprint density at radius 3 is 0.942 bits per heavy atom. The SMILES string of the molecule is CCCCC/C=C\C/C=C\C/C=C\C/C=C\C/C=C\CCC(=O)OC[C@H](COC(=O)CCCCCCC/C=C\CCCCCC)OC(=O)CC/C=C\C/C=C\C/C=C\C/C=C\C/C=C\CCCCC. The summed E-state index contributed by atoms with van der Waals surface area (Å²) in [6.45, 7) is 6.42. The summed E-state index contributed by atoms with van der Waals surface area (Å²) in [6, 6.07) is 0. The fraction of sp³-hybridized carbons (Fsp3) is 0.603. The predicted octanol–water partition coefficient (Wildman–Crippen LogP) is 18.6. The van der Waals surface area contributed by atoms with E-state index in [2.05, 4.69) is 130 Å². The fourth-order valence-electron chi connectivity index (χ4n) is 6.93. The van der Waals surface area contributed by atoms with E-state index in [0.717, 1.165) is 83.5 Å². The molecule has 69 heavy (non-hydrogen) atoms. The average molecular weight is 953 g/mol. The molecule has 388 valence electrons. The number of rotatable bonds is 48. The molecule has 0 aliphatic carbocycles. The number of allylic oxidation sites excluding steroid dienone is 22. The van der Waals surface area contributed by atoms with Crippen LogP contribution in [0, 0.1) is 0 Å². The lowest BCUT2D eigenvalue weighted by molar-refractivity contribution is -0.166. The first-order valence-corrected chi connectivity index (χ1v) is 27.7. The summed E-state index contributed by atoms with van der Waals surface area (Å²) in [5.41, 5.74) is 0. The molecule has 0 spiro atoms. The number of unbranched alkanes of at least 4 members (excludes halogenated alkanes) is 15. The van der Waals surface area contributed by atoms with Crippen LogP contribution in [0.4, 0.5) is 0 Å². The van der Waals surface area contributed by atoms with Crippen molar-refractivity contribution in [1.82, 2.24) is 0 Å². The molecule has 0 saturated heterocycles. The molecule has 6 heteroatoms. The number of hydrogen-bond acceptors (Lipinski definition) is 6. The zero-order chi connectivity index (χ0) is 50.0. The van der Waals surface area contributed by atoms with Crippen LogP contribution in [0.3, 0.4) is 0 Å². The van der Waals surface area contributed by atoms with Gasteiger partial charge in [-0.2, -0.15) is 0 Å². The minimum atomic E-state index is -0.856. The van der Waals surface area contributed by atoms with Crippen molar-refractivity contribution >= 4 is 17.9 Å². The maximum absolute atomic E-state index is 12.8. The maximum Gasteiger partial charge on any atom is 0.306 e. The highest BCUT2D eigenvalue weighted by molar-refractivity contribution is 5.71. The molecule has 0 unspecified atom stereocenters. The first-order valence-electron chi connectivity index (χ1n) is 27.7. The molecule has 1 atom stereocenters. The average Bonchev–Trinajstić information content (AvgIpc) is 3.35. The van der Waals surface area contributed by atoms with Crippen molar-refractivity contribution in [2.45, 2.75) is 232 Å². The smallest absolute Gasteiger partial charge is 0.306 e. The number of carbonyl (C=O) groups excluding carboxylic acids is 3. The van der Waals surface area contributed by atoms with E-state index in [-0.39, 0.29) is 38.0 Å². The van der Waals surface area contributed by atoms with Gasteiger partial charge >= 0.3 is 17.9 Å². The first kappa shape index (κ1) is 64.5. The van der Waals surface area contributed by atoms with Gasteiger partial charge in [0.2, 0.25) is 0 Å². The summed E-state index contributed by atoms with van der Waals surface area (Å²) in [6.07, 6.45) is 78.9. The van der Waals surface area contributed by atoms with Gasteiger partial charge in [-0.15, -0.1) is 0 Å². The summed E-state index contributed by atoms with van der Waals surface area (Å²) >= 11 is 0. The number of ether oxygens (including phenoxy) is 3. The van der Waals surface area contributed by atoms with Gasteiger partial charge in [-0.3, -0.25) is 14.4 Å². The van der Waals surface area contributed by atoms with Crippen molar-refractivity contribution < 1.29 is 28.6 Å². The van der Waals surface area contributed by atoms with Crippen LogP contribution in [0.5, 0.6) is 0 Å². The monoisotopic (exact) mass is 953 g/mol. The molecule has 0 aromatic heterocycles. The summed E-state index contributed by atoms with van der Waals surface area (Å²) in [5, 5.41) is 0. The molecule has 0 aliphatic heterocycles. The molecule has 0 N–H and O–H groups in total. The molecule has 6 nitrogen and oxygen atoms in total. The lowest BCUT2D eigenvalue weighted by Crippen LogP contribution is -2.30. The molecular formula is C63H100O6. The third-order valence-electron chi connectivity index (χ3n) is 11.1. The van der Waals surface area contributed by atoms with Crippen molar-refractivity contribution in [3.05, 3.63) is 134 Å². The fourth-order valence-corrected chi connectivity index (χ4v) is 6.93. The molecular weight excluding hydrogens is 853 g/mol. The number of hydrogen-bond donors (Lipinski definition) is 0. The molecule has 0 saturated carbocycles. The lowest BCUT2D eigenvalue weighted by atomic mass is 10.1. The van der Waals surface area contributed by atoms with Gasteiger partial charge in [-0.1, -0.05) is 219 Å². The Bertz CT molecular complexity index is 1510. The van der Waals surface area contributed by atoms with Gasteiger partial charge < -0.3 is 14.2 Å². The van der Waals surface area contributed by atoms with Gasteiger partial charge in [-0.05, 0) is 122 Å². The van der Waals surface area contributed by atoms with Gasteiger partial charge in [0.15, 0.2) is 6.10 Å². The molecule has 0 radical (unpaired) electrons.